The first kappa shape index (κ1) is 13.9. The zero-order valence-electron chi connectivity index (χ0n) is 10.5. The maximum absolute atomic E-state index is 9.38. The zero-order chi connectivity index (χ0) is 11.9. The van der Waals surface area contributed by atoms with Gasteiger partial charge in [-0.15, -0.1) is 0 Å². The highest BCUT2D eigenvalue weighted by Gasteiger charge is 2.31. The maximum atomic E-state index is 9.38. The summed E-state index contributed by atoms with van der Waals surface area (Å²) in [6.07, 6.45) is 4.42. The third-order valence-corrected chi connectivity index (χ3v) is 2.93. The van der Waals surface area contributed by atoms with Crippen molar-refractivity contribution in [3.8, 4) is 0 Å². The molecule has 96 valence electrons. The van der Waals surface area contributed by atoms with E-state index in [4.69, 9.17) is 9.47 Å². The van der Waals surface area contributed by atoms with E-state index < -0.39 is 0 Å². The summed E-state index contributed by atoms with van der Waals surface area (Å²) < 4.78 is 10.3. The van der Waals surface area contributed by atoms with Gasteiger partial charge in [-0.1, -0.05) is 0 Å². The van der Waals surface area contributed by atoms with Crippen LogP contribution in [-0.2, 0) is 9.47 Å². The first-order valence-corrected chi connectivity index (χ1v) is 6.15. The minimum Gasteiger partial charge on any atom is -0.394 e. The molecular formula is C12H25NO3. The van der Waals surface area contributed by atoms with Crippen LogP contribution in [0.2, 0.25) is 0 Å². The van der Waals surface area contributed by atoms with Gasteiger partial charge in [0, 0.05) is 25.3 Å². The molecule has 0 aromatic rings. The highest BCUT2D eigenvalue weighted by molar-refractivity contribution is 4.92. The molecule has 1 saturated carbocycles. The van der Waals surface area contributed by atoms with Crippen molar-refractivity contribution < 1.29 is 14.6 Å². The van der Waals surface area contributed by atoms with E-state index in [9.17, 15) is 5.11 Å². The summed E-state index contributed by atoms with van der Waals surface area (Å²) in [5.74, 6) is 0. The monoisotopic (exact) mass is 231 g/mol. The van der Waals surface area contributed by atoms with Crippen molar-refractivity contribution in [2.24, 2.45) is 0 Å². The van der Waals surface area contributed by atoms with Gasteiger partial charge in [0.15, 0.2) is 0 Å². The molecule has 1 atom stereocenters. The molecule has 1 rings (SSSR count). The lowest BCUT2D eigenvalue weighted by atomic mass is 9.97. The number of nitrogens with one attached hydrogen (secondary N) is 1. The largest absolute Gasteiger partial charge is 0.394 e. The third kappa shape index (κ3) is 5.80. The highest BCUT2D eigenvalue weighted by Crippen LogP contribution is 2.24. The molecule has 0 aromatic heterocycles. The van der Waals surface area contributed by atoms with E-state index in [0.29, 0.717) is 19.3 Å². The van der Waals surface area contributed by atoms with Crippen LogP contribution in [0.3, 0.4) is 0 Å². The van der Waals surface area contributed by atoms with Crippen molar-refractivity contribution in [1.82, 2.24) is 5.32 Å². The highest BCUT2D eigenvalue weighted by atomic mass is 16.5. The van der Waals surface area contributed by atoms with Crippen molar-refractivity contribution in [2.75, 3.05) is 33.5 Å². The van der Waals surface area contributed by atoms with E-state index in [2.05, 4.69) is 12.2 Å². The van der Waals surface area contributed by atoms with Gasteiger partial charge in [0.2, 0.25) is 0 Å². The van der Waals surface area contributed by atoms with Crippen molar-refractivity contribution in [1.29, 1.82) is 0 Å². The van der Waals surface area contributed by atoms with E-state index in [1.165, 1.54) is 12.8 Å². The number of aliphatic hydroxyl groups excluding tert-OH is 1. The Balaban J connectivity index is 2.03. The van der Waals surface area contributed by atoms with Gasteiger partial charge in [-0.3, -0.25) is 0 Å². The number of aliphatic hydroxyl groups is 1. The molecular weight excluding hydrogens is 206 g/mol. The molecule has 1 fully saturated rings. The molecule has 4 heteroatoms. The molecule has 0 bridgehead atoms. The summed E-state index contributed by atoms with van der Waals surface area (Å²) in [7, 11) is 1.67. The standard InChI is InChI=1S/C12H25NO3/c1-12(10-14,13-11-4-5-11)6-3-7-16-9-8-15-2/h11,13-14H,3-10H2,1-2H3. The van der Waals surface area contributed by atoms with Crippen LogP contribution in [0.1, 0.15) is 32.6 Å². The summed E-state index contributed by atoms with van der Waals surface area (Å²) in [5, 5.41) is 12.9. The molecule has 1 unspecified atom stereocenters. The average Bonchev–Trinajstić information content (AvgIpc) is 3.07. The Kier molecular flexibility index (Phi) is 6.28. The van der Waals surface area contributed by atoms with Crippen molar-refractivity contribution in [3.63, 3.8) is 0 Å². The van der Waals surface area contributed by atoms with Gasteiger partial charge in [-0.2, -0.15) is 0 Å². The molecule has 0 heterocycles. The van der Waals surface area contributed by atoms with Gasteiger partial charge in [0.05, 0.1) is 19.8 Å². The number of methoxy groups -OCH3 is 1. The van der Waals surface area contributed by atoms with Crippen molar-refractivity contribution in [2.45, 2.75) is 44.2 Å². The second-order valence-electron chi connectivity index (χ2n) is 4.85. The van der Waals surface area contributed by atoms with Crippen LogP contribution >= 0.6 is 0 Å². The zero-order valence-corrected chi connectivity index (χ0v) is 10.5. The Morgan fingerprint density at radius 1 is 1.31 bits per heavy atom. The Morgan fingerprint density at radius 2 is 2.06 bits per heavy atom. The number of ether oxygens (including phenoxy) is 2. The SMILES string of the molecule is COCCOCCCC(C)(CO)NC1CC1. The molecule has 16 heavy (non-hydrogen) atoms. The minimum atomic E-state index is -0.133. The molecule has 0 aromatic carbocycles. The average molecular weight is 231 g/mol. The van der Waals surface area contributed by atoms with Crippen LogP contribution in [-0.4, -0.2) is 50.2 Å². The van der Waals surface area contributed by atoms with Crippen molar-refractivity contribution >= 4 is 0 Å². The van der Waals surface area contributed by atoms with Gasteiger partial charge in [0.25, 0.3) is 0 Å². The first-order valence-electron chi connectivity index (χ1n) is 6.15. The molecule has 0 amide bonds. The van der Waals surface area contributed by atoms with E-state index in [1.807, 2.05) is 0 Å². The lowest BCUT2D eigenvalue weighted by molar-refractivity contribution is 0.0627. The normalized spacial score (nSPS) is 19.7. The molecule has 1 aliphatic carbocycles. The second kappa shape index (κ2) is 7.22. The fourth-order valence-corrected chi connectivity index (χ4v) is 1.73. The van der Waals surface area contributed by atoms with Crippen LogP contribution in [0.15, 0.2) is 0 Å². The lowest BCUT2D eigenvalue weighted by Gasteiger charge is -2.29. The molecule has 2 N–H and O–H groups in total. The van der Waals surface area contributed by atoms with Crippen LogP contribution in [0, 0.1) is 0 Å². The fraction of sp³-hybridized carbons (Fsp3) is 1.00. The van der Waals surface area contributed by atoms with Gasteiger partial charge in [-0.25, -0.2) is 0 Å². The van der Waals surface area contributed by atoms with Crippen LogP contribution in [0.4, 0.5) is 0 Å². The Morgan fingerprint density at radius 3 is 2.62 bits per heavy atom. The Labute approximate surface area is 98.3 Å². The number of hydrogen-bond acceptors (Lipinski definition) is 4. The smallest absolute Gasteiger partial charge is 0.0700 e. The molecule has 0 saturated heterocycles. The summed E-state index contributed by atoms with van der Waals surface area (Å²) in [6, 6.07) is 0.631. The Hall–Kier alpha value is -0.160. The molecule has 0 radical (unpaired) electrons. The summed E-state index contributed by atoms with van der Waals surface area (Å²) in [4.78, 5) is 0. The van der Waals surface area contributed by atoms with Gasteiger partial charge < -0.3 is 19.9 Å². The predicted molar refractivity (Wildman–Crippen MR) is 63.6 cm³/mol. The molecule has 1 aliphatic rings. The van der Waals surface area contributed by atoms with Gasteiger partial charge in [-0.05, 0) is 32.6 Å². The van der Waals surface area contributed by atoms with E-state index in [1.54, 1.807) is 7.11 Å². The third-order valence-electron chi connectivity index (χ3n) is 2.93. The van der Waals surface area contributed by atoms with Crippen LogP contribution in [0.25, 0.3) is 0 Å². The number of hydrogen-bond donors (Lipinski definition) is 2. The number of rotatable bonds is 10. The van der Waals surface area contributed by atoms with Crippen LogP contribution < -0.4 is 5.32 Å². The van der Waals surface area contributed by atoms with Crippen molar-refractivity contribution in [3.05, 3.63) is 0 Å². The fourth-order valence-electron chi connectivity index (χ4n) is 1.73. The summed E-state index contributed by atoms with van der Waals surface area (Å²) in [6.45, 7) is 4.33. The van der Waals surface area contributed by atoms with Gasteiger partial charge >= 0.3 is 0 Å². The summed E-state index contributed by atoms with van der Waals surface area (Å²) in [5.41, 5.74) is -0.133. The minimum absolute atomic E-state index is 0.133. The van der Waals surface area contributed by atoms with E-state index in [-0.39, 0.29) is 12.1 Å². The van der Waals surface area contributed by atoms with E-state index in [0.717, 1.165) is 19.4 Å². The Bertz CT molecular complexity index is 185. The maximum Gasteiger partial charge on any atom is 0.0700 e. The van der Waals surface area contributed by atoms with Gasteiger partial charge in [0.1, 0.15) is 0 Å². The first-order chi connectivity index (χ1) is 7.70. The molecule has 4 nitrogen and oxygen atoms in total. The lowest BCUT2D eigenvalue weighted by Crippen LogP contribution is -2.47. The van der Waals surface area contributed by atoms with Crippen LogP contribution in [0.5, 0.6) is 0 Å². The summed E-state index contributed by atoms with van der Waals surface area (Å²) >= 11 is 0. The quantitative estimate of drug-likeness (QED) is 0.549. The molecule has 0 spiro atoms. The topological polar surface area (TPSA) is 50.7 Å². The predicted octanol–water partition coefficient (Wildman–Crippen LogP) is 0.933. The second-order valence-corrected chi connectivity index (χ2v) is 4.85. The van der Waals surface area contributed by atoms with E-state index >= 15 is 0 Å². The molecule has 0 aliphatic heterocycles.